The Morgan fingerprint density at radius 1 is 1.17 bits per heavy atom. The van der Waals surface area contributed by atoms with E-state index in [4.69, 9.17) is 16.3 Å². The molecule has 1 amide bonds. The third-order valence-corrected chi connectivity index (χ3v) is 6.88. The average molecular weight is 441 g/mol. The standard InChI is InChI=1S/C20H22ClFN2O4S/c1-14-5-7-16(29(26,27)24-9-3-2-4-10-24)12-19(14)23-20(25)13-28-15-6-8-18(22)17(21)11-15/h5-8,11-12H,2-4,9-10,13H2,1H3,(H,23,25). The van der Waals surface area contributed by atoms with E-state index in [1.54, 1.807) is 19.1 Å². The minimum Gasteiger partial charge on any atom is -0.484 e. The molecule has 29 heavy (non-hydrogen) atoms. The highest BCUT2D eigenvalue weighted by Gasteiger charge is 2.26. The number of carbonyl (C=O) groups is 1. The Kier molecular flexibility index (Phi) is 6.77. The van der Waals surface area contributed by atoms with E-state index in [1.165, 1.54) is 22.5 Å². The summed E-state index contributed by atoms with van der Waals surface area (Å²) >= 11 is 5.69. The number of piperidine rings is 1. The van der Waals surface area contributed by atoms with Gasteiger partial charge in [0.25, 0.3) is 5.91 Å². The van der Waals surface area contributed by atoms with Crippen LogP contribution in [0.2, 0.25) is 5.02 Å². The van der Waals surface area contributed by atoms with E-state index in [9.17, 15) is 17.6 Å². The molecule has 0 aromatic heterocycles. The number of sulfonamides is 1. The van der Waals surface area contributed by atoms with Crippen molar-refractivity contribution in [3.8, 4) is 5.75 Å². The molecule has 0 atom stereocenters. The van der Waals surface area contributed by atoms with E-state index in [2.05, 4.69) is 5.32 Å². The molecule has 0 aliphatic carbocycles. The van der Waals surface area contributed by atoms with Gasteiger partial charge in [-0.2, -0.15) is 4.31 Å². The molecule has 3 rings (SSSR count). The van der Waals surface area contributed by atoms with E-state index >= 15 is 0 Å². The molecule has 1 fully saturated rings. The fraction of sp³-hybridized carbons (Fsp3) is 0.350. The van der Waals surface area contributed by atoms with E-state index in [1.807, 2.05) is 0 Å². The van der Waals surface area contributed by atoms with Gasteiger partial charge in [0.2, 0.25) is 10.0 Å². The number of hydrogen-bond donors (Lipinski definition) is 1. The summed E-state index contributed by atoms with van der Waals surface area (Å²) in [7, 11) is -3.60. The number of halogens is 2. The molecule has 1 aliphatic rings. The van der Waals surface area contributed by atoms with Gasteiger partial charge in [-0.15, -0.1) is 0 Å². The molecule has 0 radical (unpaired) electrons. The largest absolute Gasteiger partial charge is 0.484 e. The van der Waals surface area contributed by atoms with Crippen molar-refractivity contribution in [3.63, 3.8) is 0 Å². The second kappa shape index (κ2) is 9.11. The average Bonchev–Trinajstić information content (AvgIpc) is 2.71. The predicted molar refractivity (Wildman–Crippen MR) is 109 cm³/mol. The SMILES string of the molecule is Cc1ccc(S(=O)(=O)N2CCCCC2)cc1NC(=O)COc1ccc(F)c(Cl)c1. The molecule has 2 aromatic carbocycles. The summed E-state index contributed by atoms with van der Waals surface area (Å²) in [5.41, 5.74) is 1.12. The normalized spacial score (nSPS) is 15.1. The first kappa shape index (κ1) is 21.5. The van der Waals surface area contributed by atoms with Gasteiger partial charge in [-0.25, -0.2) is 12.8 Å². The molecule has 0 unspecified atom stereocenters. The first-order chi connectivity index (χ1) is 13.8. The molecule has 0 bridgehead atoms. The van der Waals surface area contributed by atoms with Crippen molar-refractivity contribution in [1.82, 2.24) is 4.31 Å². The molecular weight excluding hydrogens is 419 g/mol. The maximum Gasteiger partial charge on any atom is 0.262 e. The Morgan fingerprint density at radius 2 is 1.90 bits per heavy atom. The summed E-state index contributed by atoms with van der Waals surface area (Å²) in [4.78, 5) is 12.4. The van der Waals surface area contributed by atoms with Crippen molar-refractivity contribution in [2.24, 2.45) is 0 Å². The third kappa shape index (κ3) is 5.26. The molecule has 0 saturated carbocycles. The number of anilines is 1. The first-order valence-corrected chi connectivity index (χ1v) is 11.1. The number of rotatable bonds is 6. The zero-order valence-electron chi connectivity index (χ0n) is 16.0. The van der Waals surface area contributed by atoms with Crippen molar-refractivity contribution in [2.75, 3.05) is 25.0 Å². The second-order valence-corrected chi connectivity index (χ2v) is 9.20. The van der Waals surface area contributed by atoms with Crippen LogP contribution in [0.4, 0.5) is 10.1 Å². The number of carbonyl (C=O) groups excluding carboxylic acids is 1. The smallest absolute Gasteiger partial charge is 0.262 e. The van der Waals surface area contributed by atoms with Crippen LogP contribution >= 0.6 is 11.6 Å². The summed E-state index contributed by atoms with van der Waals surface area (Å²) in [5.74, 6) is -0.795. The summed E-state index contributed by atoms with van der Waals surface area (Å²) in [6.07, 6.45) is 2.72. The van der Waals surface area contributed by atoms with Crippen molar-refractivity contribution in [3.05, 3.63) is 52.8 Å². The number of nitrogens with zero attached hydrogens (tertiary/aromatic N) is 1. The molecule has 1 heterocycles. The first-order valence-electron chi connectivity index (χ1n) is 9.26. The number of ether oxygens (including phenoxy) is 1. The monoisotopic (exact) mass is 440 g/mol. The number of benzene rings is 2. The van der Waals surface area contributed by atoms with Crippen LogP contribution < -0.4 is 10.1 Å². The Morgan fingerprint density at radius 3 is 2.59 bits per heavy atom. The Hall–Kier alpha value is -2.16. The van der Waals surface area contributed by atoms with Crippen LogP contribution in [0.3, 0.4) is 0 Å². The molecule has 0 spiro atoms. The predicted octanol–water partition coefficient (Wildman–Crippen LogP) is 3.98. The van der Waals surface area contributed by atoms with Crippen LogP contribution in [0.15, 0.2) is 41.3 Å². The van der Waals surface area contributed by atoms with Gasteiger partial charge < -0.3 is 10.1 Å². The second-order valence-electron chi connectivity index (χ2n) is 6.85. The van der Waals surface area contributed by atoms with E-state index in [0.29, 0.717) is 18.8 Å². The van der Waals surface area contributed by atoms with Gasteiger partial charge in [0.05, 0.1) is 9.92 Å². The van der Waals surface area contributed by atoms with Gasteiger partial charge in [0.15, 0.2) is 6.61 Å². The van der Waals surface area contributed by atoms with Crippen LogP contribution in [0, 0.1) is 12.7 Å². The minimum absolute atomic E-state index is 0.102. The molecule has 156 valence electrons. The molecule has 1 saturated heterocycles. The fourth-order valence-electron chi connectivity index (χ4n) is 3.05. The molecule has 1 N–H and O–H groups in total. The van der Waals surface area contributed by atoms with Crippen LogP contribution in [0.25, 0.3) is 0 Å². The van der Waals surface area contributed by atoms with Gasteiger partial charge in [0, 0.05) is 24.8 Å². The third-order valence-electron chi connectivity index (χ3n) is 4.70. The van der Waals surface area contributed by atoms with E-state index in [-0.39, 0.29) is 22.3 Å². The molecular formula is C20H22ClFN2O4S. The van der Waals surface area contributed by atoms with Crippen LogP contribution in [-0.2, 0) is 14.8 Å². The molecule has 1 aliphatic heterocycles. The van der Waals surface area contributed by atoms with Crippen molar-refractivity contribution in [1.29, 1.82) is 0 Å². The summed E-state index contributed by atoms with van der Waals surface area (Å²) in [6.45, 7) is 2.45. The molecule has 2 aromatic rings. The molecule has 9 heteroatoms. The summed E-state index contributed by atoms with van der Waals surface area (Å²) < 4.78 is 45.7. The number of nitrogens with one attached hydrogen (secondary N) is 1. The Labute approximate surface area is 174 Å². The summed E-state index contributed by atoms with van der Waals surface area (Å²) in [5, 5.41) is 2.57. The van der Waals surface area contributed by atoms with Crippen molar-refractivity contribution in [2.45, 2.75) is 31.1 Å². The highest BCUT2D eigenvalue weighted by Crippen LogP contribution is 2.25. The van der Waals surface area contributed by atoms with E-state index < -0.39 is 21.7 Å². The highest BCUT2D eigenvalue weighted by atomic mass is 35.5. The lowest BCUT2D eigenvalue weighted by Gasteiger charge is -2.26. The Bertz CT molecular complexity index is 1010. The van der Waals surface area contributed by atoms with Gasteiger partial charge in [-0.05, 0) is 49.6 Å². The van der Waals surface area contributed by atoms with Crippen LogP contribution in [0.1, 0.15) is 24.8 Å². The van der Waals surface area contributed by atoms with Gasteiger partial charge in [-0.3, -0.25) is 4.79 Å². The minimum atomic E-state index is -3.60. The van der Waals surface area contributed by atoms with Crippen LogP contribution in [0.5, 0.6) is 5.75 Å². The maximum atomic E-state index is 13.2. The fourth-order valence-corrected chi connectivity index (χ4v) is 4.77. The van der Waals surface area contributed by atoms with Crippen LogP contribution in [-0.4, -0.2) is 38.3 Å². The lowest BCUT2D eigenvalue weighted by atomic mass is 10.2. The van der Waals surface area contributed by atoms with Gasteiger partial charge >= 0.3 is 0 Å². The summed E-state index contributed by atoms with van der Waals surface area (Å²) in [6, 6.07) is 8.46. The van der Waals surface area contributed by atoms with Crippen molar-refractivity contribution < 1.29 is 22.3 Å². The van der Waals surface area contributed by atoms with E-state index in [0.717, 1.165) is 30.9 Å². The number of hydrogen-bond acceptors (Lipinski definition) is 4. The number of aryl methyl sites for hydroxylation is 1. The topological polar surface area (TPSA) is 75.7 Å². The lowest BCUT2D eigenvalue weighted by Crippen LogP contribution is -2.35. The van der Waals surface area contributed by atoms with Gasteiger partial charge in [0.1, 0.15) is 11.6 Å². The highest BCUT2D eigenvalue weighted by molar-refractivity contribution is 7.89. The van der Waals surface area contributed by atoms with Gasteiger partial charge in [-0.1, -0.05) is 24.1 Å². The quantitative estimate of drug-likeness (QED) is 0.737. The number of amides is 1. The zero-order chi connectivity index (χ0) is 21.0. The molecule has 6 nitrogen and oxygen atoms in total. The maximum absolute atomic E-state index is 13.2. The Balaban J connectivity index is 1.69. The zero-order valence-corrected chi connectivity index (χ0v) is 17.5. The van der Waals surface area contributed by atoms with Crippen molar-refractivity contribution >= 4 is 33.2 Å². The lowest BCUT2D eigenvalue weighted by molar-refractivity contribution is -0.118.